The van der Waals surface area contributed by atoms with Gasteiger partial charge in [0.2, 0.25) is 5.91 Å². The molecule has 1 saturated heterocycles. The van der Waals surface area contributed by atoms with Crippen LogP contribution in [0, 0.1) is 5.41 Å². The molecule has 1 aromatic rings. The summed E-state index contributed by atoms with van der Waals surface area (Å²) in [5.41, 5.74) is 6.14. The Morgan fingerprint density at radius 2 is 2.11 bits per heavy atom. The minimum absolute atomic E-state index is 0.0253. The molecule has 0 bridgehead atoms. The number of rotatable bonds is 3. The Morgan fingerprint density at radius 3 is 2.58 bits per heavy atom. The molecule has 1 amide bonds. The Morgan fingerprint density at radius 1 is 1.47 bits per heavy atom. The minimum Gasteiger partial charge on any atom is -0.497 e. The Balaban J connectivity index is 2.18. The van der Waals surface area contributed by atoms with Crippen LogP contribution in [0.3, 0.4) is 0 Å². The second kappa shape index (κ2) is 5.19. The standard InChI is InChI=1S/C14H20N2O3/c1-14(9-19-8-12(14)15)13(17)16(2)10-4-6-11(18-3)7-5-10/h4-7,12H,8-9,15H2,1-3H3. The molecule has 1 aliphatic heterocycles. The van der Waals surface area contributed by atoms with Gasteiger partial charge in [-0.3, -0.25) is 4.79 Å². The zero-order chi connectivity index (χ0) is 14.0. The van der Waals surface area contributed by atoms with Crippen LogP contribution in [0.2, 0.25) is 0 Å². The summed E-state index contributed by atoms with van der Waals surface area (Å²) in [4.78, 5) is 14.2. The SMILES string of the molecule is COc1ccc(N(C)C(=O)C2(C)COCC2N)cc1. The fourth-order valence-electron chi connectivity index (χ4n) is 2.22. The Bertz CT molecular complexity index is 460. The smallest absolute Gasteiger partial charge is 0.236 e. The van der Waals surface area contributed by atoms with Crippen molar-refractivity contribution >= 4 is 11.6 Å². The van der Waals surface area contributed by atoms with Crippen molar-refractivity contribution in [3.05, 3.63) is 24.3 Å². The third-order valence-electron chi connectivity index (χ3n) is 3.77. The van der Waals surface area contributed by atoms with E-state index in [-0.39, 0.29) is 11.9 Å². The maximum atomic E-state index is 12.6. The third-order valence-corrected chi connectivity index (χ3v) is 3.77. The maximum Gasteiger partial charge on any atom is 0.236 e. The van der Waals surface area contributed by atoms with Crippen LogP contribution in [-0.2, 0) is 9.53 Å². The van der Waals surface area contributed by atoms with Gasteiger partial charge >= 0.3 is 0 Å². The predicted molar refractivity (Wildman–Crippen MR) is 73.3 cm³/mol. The Labute approximate surface area is 113 Å². The van der Waals surface area contributed by atoms with E-state index >= 15 is 0 Å². The molecule has 2 N–H and O–H groups in total. The first-order valence-electron chi connectivity index (χ1n) is 6.24. The second-order valence-corrected chi connectivity index (χ2v) is 5.10. The first-order chi connectivity index (χ1) is 8.99. The van der Waals surface area contributed by atoms with Gasteiger partial charge in [-0.15, -0.1) is 0 Å². The highest BCUT2D eigenvalue weighted by atomic mass is 16.5. The molecule has 2 rings (SSSR count). The number of anilines is 1. The largest absolute Gasteiger partial charge is 0.497 e. The molecule has 1 aromatic carbocycles. The lowest BCUT2D eigenvalue weighted by Gasteiger charge is -2.30. The monoisotopic (exact) mass is 264 g/mol. The summed E-state index contributed by atoms with van der Waals surface area (Å²) < 4.78 is 10.4. The van der Waals surface area contributed by atoms with Crippen molar-refractivity contribution in [2.75, 3.05) is 32.3 Å². The number of carbonyl (C=O) groups excluding carboxylic acids is 1. The van der Waals surface area contributed by atoms with Gasteiger partial charge in [-0.05, 0) is 31.2 Å². The van der Waals surface area contributed by atoms with Crippen LogP contribution in [0.5, 0.6) is 5.75 Å². The average molecular weight is 264 g/mol. The van der Waals surface area contributed by atoms with Crippen LogP contribution in [0.25, 0.3) is 0 Å². The van der Waals surface area contributed by atoms with Crippen molar-refractivity contribution in [1.82, 2.24) is 0 Å². The Hall–Kier alpha value is -1.59. The van der Waals surface area contributed by atoms with Crippen molar-refractivity contribution in [1.29, 1.82) is 0 Å². The first kappa shape index (κ1) is 13.8. The van der Waals surface area contributed by atoms with Gasteiger partial charge in [0, 0.05) is 18.8 Å². The van der Waals surface area contributed by atoms with E-state index in [1.807, 2.05) is 31.2 Å². The molecule has 0 aliphatic carbocycles. The van der Waals surface area contributed by atoms with Crippen molar-refractivity contribution in [3.63, 3.8) is 0 Å². The number of carbonyl (C=O) groups is 1. The van der Waals surface area contributed by atoms with E-state index in [2.05, 4.69) is 0 Å². The van der Waals surface area contributed by atoms with Crippen LogP contribution in [0.1, 0.15) is 6.92 Å². The van der Waals surface area contributed by atoms with Gasteiger partial charge in [-0.1, -0.05) is 0 Å². The summed E-state index contributed by atoms with van der Waals surface area (Å²) in [7, 11) is 3.36. The minimum atomic E-state index is -0.658. The lowest BCUT2D eigenvalue weighted by atomic mass is 9.84. The van der Waals surface area contributed by atoms with Crippen molar-refractivity contribution in [3.8, 4) is 5.75 Å². The molecule has 5 nitrogen and oxygen atoms in total. The van der Waals surface area contributed by atoms with Crippen LogP contribution in [0.4, 0.5) is 5.69 Å². The van der Waals surface area contributed by atoms with Gasteiger partial charge in [-0.2, -0.15) is 0 Å². The summed E-state index contributed by atoms with van der Waals surface area (Å²) in [5.74, 6) is 0.736. The molecule has 5 heteroatoms. The molecule has 1 fully saturated rings. The highest BCUT2D eigenvalue weighted by molar-refractivity contribution is 5.97. The van der Waals surface area contributed by atoms with Gasteiger partial charge < -0.3 is 20.1 Å². The molecule has 0 radical (unpaired) electrons. The van der Waals surface area contributed by atoms with Crippen LogP contribution in [0.15, 0.2) is 24.3 Å². The zero-order valence-electron chi connectivity index (χ0n) is 11.6. The molecular formula is C14H20N2O3. The van der Waals surface area contributed by atoms with Crippen LogP contribution < -0.4 is 15.4 Å². The lowest BCUT2D eigenvalue weighted by molar-refractivity contribution is -0.127. The summed E-state index contributed by atoms with van der Waals surface area (Å²) in [6.45, 7) is 2.65. The molecular weight excluding hydrogens is 244 g/mol. The second-order valence-electron chi connectivity index (χ2n) is 5.10. The maximum absolute atomic E-state index is 12.6. The molecule has 2 atom stereocenters. The van der Waals surface area contributed by atoms with Crippen LogP contribution in [-0.4, -0.2) is 39.3 Å². The molecule has 0 spiro atoms. The van der Waals surface area contributed by atoms with Crippen molar-refractivity contribution < 1.29 is 14.3 Å². The fourth-order valence-corrected chi connectivity index (χ4v) is 2.22. The van der Waals surface area contributed by atoms with E-state index < -0.39 is 5.41 Å². The average Bonchev–Trinajstić information content (AvgIpc) is 2.78. The van der Waals surface area contributed by atoms with E-state index in [0.717, 1.165) is 11.4 Å². The Kier molecular flexibility index (Phi) is 3.78. The van der Waals surface area contributed by atoms with E-state index in [9.17, 15) is 4.79 Å². The third kappa shape index (κ3) is 2.43. The molecule has 2 unspecified atom stereocenters. The number of nitrogens with two attached hydrogens (primary N) is 1. The highest BCUT2D eigenvalue weighted by Gasteiger charge is 2.46. The number of benzene rings is 1. The number of hydrogen-bond acceptors (Lipinski definition) is 4. The normalized spacial score (nSPS) is 26.2. The van der Waals surface area contributed by atoms with Crippen LogP contribution >= 0.6 is 0 Å². The zero-order valence-corrected chi connectivity index (χ0v) is 11.6. The van der Waals surface area contributed by atoms with Gasteiger partial charge in [0.15, 0.2) is 0 Å². The summed E-state index contributed by atoms with van der Waals surface area (Å²) >= 11 is 0. The molecule has 1 heterocycles. The predicted octanol–water partition coefficient (Wildman–Crippen LogP) is 1.02. The number of amides is 1. The van der Waals surface area contributed by atoms with Gasteiger partial charge in [0.05, 0.1) is 25.7 Å². The summed E-state index contributed by atoms with van der Waals surface area (Å²) in [6, 6.07) is 7.09. The van der Waals surface area contributed by atoms with Gasteiger partial charge in [-0.25, -0.2) is 0 Å². The molecule has 0 saturated carbocycles. The summed E-state index contributed by atoms with van der Waals surface area (Å²) in [6.07, 6.45) is 0. The number of hydrogen-bond donors (Lipinski definition) is 1. The van der Waals surface area contributed by atoms with Gasteiger partial charge in [0.25, 0.3) is 0 Å². The number of nitrogens with zero attached hydrogens (tertiary/aromatic N) is 1. The van der Waals surface area contributed by atoms with E-state index in [1.54, 1.807) is 19.1 Å². The van der Waals surface area contributed by atoms with E-state index in [1.165, 1.54) is 0 Å². The molecule has 0 aromatic heterocycles. The van der Waals surface area contributed by atoms with Crippen molar-refractivity contribution in [2.24, 2.45) is 11.1 Å². The topological polar surface area (TPSA) is 64.8 Å². The van der Waals surface area contributed by atoms with E-state index in [4.69, 9.17) is 15.2 Å². The number of methoxy groups -OCH3 is 1. The quantitative estimate of drug-likeness (QED) is 0.885. The molecule has 104 valence electrons. The molecule has 1 aliphatic rings. The molecule has 19 heavy (non-hydrogen) atoms. The first-order valence-corrected chi connectivity index (χ1v) is 6.24. The summed E-state index contributed by atoms with van der Waals surface area (Å²) in [5, 5.41) is 0. The highest BCUT2D eigenvalue weighted by Crippen LogP contribution is 2.31. The van der Waals surface area contributed by atoms with E-state index in [0.29, 0.717) is 13.2 Å². The fraction of sp³-hybridized carbons (Fsp3) is 0.500. The van der Waals surface area contributed by atoms with Crippen molar-refractivity contribution in [2.45, 2.75) is 13.0 Å². The number of ether oxygens (including phenoxy) is 2. The van der Waals surface area contributed by atoms with Gasteiger partial charge in [0.1, 0.15) is 5.75 Å². The lowest BCUT2D eigenvalue weighted by Crippen LogP contribution is -2.50.